The molecule has 0 radical (unpaired) electrons. The molecule has 4 rings (SSSR count). The molecule has 0 saturated carbocycles. The van der Waals surface area contributed by atoms with Gasteiger partial charge >= 0.3 is 0 Å². The number of furan rings is 1. The van der Waals surface area contributed by atoms with Crippen molar-refractivity contribution in [3.63, 3.8) is 0 Å². The number of anilines is 1. The third-order valence-corrected chi connectivity index (χ3v) is 4.93. The highest BCUT2D eigenvalue weighted by molar-refractivity contribution is 6.31. The van der Waals surface area contributed by atoms with E-state index in [2.05, 4.69) is 16.0 Å². The second kappa shape index (κ2) is 6.93. The van der Waals surface area contributed by atoms with Crippen LogP contribution in [0.2, 0.25) is 5.02 Å². The molecule has 0 atom stereocenters. The molecule has 1 saturated heterocycles. The van der Waals surface area contributed by atoms with Gasteiger partial charge in [0.2, 0.25) is 0 Å². The quantitative estimate of drug-likeness (QED) is 0.678. The molecule has 2 aromatic heterocycles. The van der Waals surface area contributed by atoms with Crippen molar-refractivity contribution in [3.05, 3.63) is 58.4 Å². The van der Waals surface area contributed by atoms with Crippen LogP contribution in [-0.4, -0.2) is 42.0 Å². The number of nitriles is 1. The van der Waals surface area contributed by atoms with E-state index in [1.807, 2.05) is 30.0 Å². The number of carbonyl (C=O) groups excluding carboxylic acids is 1. The first-order valence-corrected chi connectivity index (χ1v) is 9.03. The van der Waals surface area contributed by atoms with E-state index in [9.17, 15) is 4.79 Å². The van der Waals surface area contributed by atoms with E-state index in [-0.39, 0.29) is 5.91 Å². The lowest BCUT2D eigenvalue weighted by Crippen LogP contribution is -2.48. The summed E-state index contributed by atoms with van der Waals surface area (Å²) in [6, 6.07) is 11.0. The third-order valence-electron chi connectivity index (χ3n) is 4.71. The molecular formula is C20H17ClN4O2. The van der Waals surface area contributed by atoms with E-state index in [0.29, 0.717) is 53.4 Å². The Hall–Kier alpha value is -3.04. The molecule has 0 N–H and O–H groups in total. The molecule has 0 spiro atoms. The first kappa shape index (κ1) is 17.4. The normalized spacial score (nSPS) is 14.4. The molecule has 0 unspecified atom stereocenters. The van der Waals surface area contributed by atoms with Crippen molar-refractivity contribution in [2.45, 2.75) is 6.92 Å². The van der Waals surface area contributed by atoms with E-state index >= 15 is 0 Å². The summed E-state index contributed by atoms with van der Waals surface area (Å²) < 4.78 is 5.67. The fourth-order valence-corrected chi connectivity index (χ4v) is 3.61. The van der Waals surface area contributed by atoms with Crippen molar-refractivity contribution >= 4 is 34.3 Å². The summed E-state index contributed by atoms with van der Waals surface area (Å²) in [6.07, 6.45) is 1.64. The van der Waals surface area contributed by atoms with E-state index in [1.54, 1.807) is 18.3 Å². The first-order chi connectivity index (χ1) is 13.0. The smallest absolute Gasteiger partial charge is 0.257 e. The molecule has 27 heavy (non-hydrogen) atoms. The van der Waals surface area contributed by atoms with E-state index in [0.717, 1.165) is 11.4 Å². The van der Waals surface area contributed by atoms with Gasteiger partial charge in [-0.05, 0) is 31.2 Å². The number of carbonyl (C=O) groups is 1. The van der Waals surface area contributed by atoms with Crippen LogP contribution < -0.4 is 4.90 Å². The van der Waals surface area contributed by atoms with Crippen LogP contribution in [-0.2, 0) is 0 Å². The molecule has 6 nitrogen and oxygen atoms in total. The summed E-state index contributed by atoms with van der Waals surface area (Å²) in [7, 11) is 0. The highest BCUT2D eigenvalue weighted by Gasteiger charge is 2.25. The Bertz CT molecular complexity index is 1060. The molecule has 1 aliphatic heterocycles. The predicted octanol–water partition coefficient (Wildman–Crippen LogP) is 3.62. The minimum Gasteiger partial charge on any atom is -0.459 e. The van der Waals surface area contributed by atoms with E-state index in [1.165, 1.54) is 0 Å². The Morgan fingerprint density at radius 2 is 2.00 bits per heavy atom. The highest BCUT2D eigenvalue weighted by Crippen LogP contribution is 2.25. The number of halogens is 1. The Morgan fingerprint density at radius 1 is 1.22 bits per heavy atom. The van der Waals surface area contributed by atoms with Gasteiger partial charge in [-0.1, -0.05) is 11.6 Å². The minimum absolute atomic E-state index is 0.0554. The van der Waals surface area contributed by atoms with Gasteiger partial charge in [0.1, 0.15) is 11.3 Å². The molecule has 1 aromatic carbocycles. The molecular weight excluding hydrogens is 364 g/mol. The monoisotopic (exact) mass is 380 g/mol. The van der Waals surface area contributed by atoms with Crippen LogP contribution in [0.1, 0.15) is 21.7 Å². The minimum atomic E-state index is -0.0554. The average Bonchev–Trinajstić information content (AvgIpc) is 3.07. The molecule has 1 fully saturated rings. The Morgan fingerprint density at radius 3 is 2.74 bits per heavy atom. The van der Waals surface area contributed by atoms with Crippen LogP contribution in [0.25, 0.3) is 11.1 Å². The van der Waals surface area contributed by atoms with E-state index in [4.69, 9.17) is 21.3 Å². The van der Waals surface area contributed by atoms with E-state index < -0.39 is 0 Å². The summed E-state index contributed by atoms with van der Waals surface area (Å²) in [5.41, 5.74) is 3.20. The van der Waals surface area contributed by atoms with Crippen LogP contribution in [0.3, 0.4) is 0 Å². The lowest BCUT2D eigenvalue weighted by molar-refractivity contribution is 0.0747. The highest BCUT2D eigenvalue weighted by atomic mass is 35.5. The topological polar surface area (TPSA) is 73.4 Å². The van der Waals surface area contributed by atoms with Gasteiger partial charge in [0, 0.05) is 49.2 Å². The molecule has 0 aliphatic carbocycles. The summed E-state index contributed by atoms with van der Waals surface area (Å²) in [5.74, 6) is 0.678. The van der Waals surface area contributed by atoms with Crippen LogP contribution in [0.15, 0.2) is 40.9 Å². The summed E-state index contributed by atoms with van der Waals surface area (Å²) in [4.78, 5) is 21.2. The molecule has 3 aromatic rings. The standard InChI is InChI=1S/C20H17ClN4O2/c1-13-8-18-19(27-13)17(2-3-23-18)20(26)25-6-4-24(5-7-25)16-10-14(12-22)9-15(21)11-16/h2-3,8-11H,4-7H2,1H3. The Balaban J connectivity index is 1.51. The van der Waals surface area contributed by atoms with Gasteiger partial charge in [0.15, 0.2) is 5.58 Å². The summed E-state index contributed by atoms with van der Waals surface area (Å²) >= 11 is 6.11. The number of piperazine rings is 1. The second-order valence-corrected chi connectivity index (χ2v) is 6.96. The number of hydrogen-bond acceptors (Lipinski definition) is 5. The molecule has 0 bridgehead atoms. The molecule has 136 valence electrons. The second-order valence-electron chi connectivity index (χ2n) is 6.52. The van der Waals surface area contributed by atoms with Crippen molar-refractivity contribution in [2.24, 2.45) is 0 Å². The van der Waals surface area contributed by atoms with Gasteiger partial charge in [0.05, 0.1) is 17.2 Å². The number of aromatic nitrogens is 1. The first-order valence-electron chi connectivity index (χ1n) is 8.65. The zero-order chi connectivity index (χ0) is 19.0. The number of nitrogens with zero attached hydrogens (tertiary/aromatic N) is 4. The molecule has 7 heteroatoms. The fourth-order valence-electron chi connectivity index (χ4n) is 3.39. The Labute approximate surface area is 161 Å². The van der Waals surface area contributed by atoms with Crippen molar-refractivity contribution in [1.82, 2.24) is 9.88 Å². The maximum Gasteiger partial charge on any atom is 0.257 e. The van der Waals surface area contributed by atoms with Crippen LogP contribution in [0.4, 0.5) is 5.69 Å². The lowest BCUT2D eigenvalue weighted by atomic mass is 10.1. The fraction of sp³-hybridized carbons (Fsp3) is 0.250. The summed E-state index contributed by atoms with van der Waals surface area (Å²) in [5, 5.41) is 9.66. The van der Waals surface area contributed by atoms with Crippen LogP contribution >= 0.6 is 11.6 Å². The van der Waals surface area contributed by atoms with Gasteiger partial charge in [-0.25, -0.2) is 0 Å². The van der Waals surface area contributed by atoms with Crippen molar-refractivity contribution in [3.8, 4) is 6.07 Å². The van der Waals surface area contributed by atoms with Crippen molar-refractivity contribution < 1.29 is 9.21 Å². The van der Waals surface area contributed by atoms with Crippen LogP contribution in [0, 0.1) is 18.3 Å². The molecule has 1 amide bonds. The zero-order valence-electron chi connectivity index (χ0n) is 14.8. The van der Waals surface area contributed by atoms with Gasteiger partial charge in [-0.15, -0.1) is 0 Å². The molecule has 1 aliphatic rings. The number of rotatable bonds is 2. The van der Waals surface area contributed by atoms with Crippen molar-refractivity contribution in [1.29, 1.82) is 5.26 Å². The van der Waals surface area contributed by atoms with Gasteiger partial charge in [-0.3, -0.25) is 9.78 Å². The number of pyridine rings is 1. The SMILES string of the molecule is Cc1cc2nccc(C(=O)N3CCN(c4cc(Cl)cc(C#N)c4)CC3)c2o1. The maximum atomic E-state index is 13.0. The zero-order valence-corrected chi connectivity index (χ0v) is 15.5. The van der Waals surface area contributed by atoms with Crippen LogP contribution in [0.5, 0.6) is 0 Å². The number of amides is 1. The number of aryl methyl sites for hydroxylation is 1. The number of hydrogen-bond donors (Lipinski definition) is 0. The average molecular weight is 381 g/mol. The lowest BCUT2D eigenvalue weighted by Gasteiger charge is -2.36. The maximum absolute atomic E-state index is 13.0. The molecule has 3 heterocycles. The number of fused-ring (bicyclic) bond motifs is 1. The third kappa shape index (κ3) is 3.34. The van der Waals surface area contributed by atoms with Gasteiger partial charge < -0.3 is 14.2 Å². The largest absolute Gasteiger partial charge is 0.459 e. The predicted molar refractivity (Wildman–Crippen MR) is 103 cm³/mol. The number of benzene rings is 1. The summed E-state index contributed by atoms with van der Waals surface area (Å²) in [6.45, 7) is 4.34. The van der Waals surface area contributed by atoms with Gasteiger partial charge in [-0.2, -0.15) is 5.26 Å². The van der Waals surface area contributed by atoms with Gasteiger partial charge in [0.25, 0.3) is 5.91 Å². The Kier molecular flexibility index (Phi) is 4.46. The van der Waals surface area contributed by atoms with Crippen molar-refractivity contribution in [2.75, 3.05) is 31.1 Å².